The Labute approximate surface area is 383 Å². The maximum atomic E-state index is 16.6. The van der Waals surface area contributed by atoms with Crippen LogP contribution in [0.2, 0.25) is 0 Å². The third-order valence-corrected chi connectivity index (χ3v) is 17.7. The third-order valence-electron chi connectivity index (χ3n) is 13.5. The van der Waals surface area contributed by atoms with Crippen molar-refractivity contribution in [3.63, 3.8) is 0 Å². The minimum absolute atomic E-state index is 0.567. The van der Waals surface area contributed by atoms with Gasteiger partial charge in [-0.2, -0.15) is 0 Å². The van der Waals surface area contributed by atoms with Crippen molar-refractivity contribution >= 4 is 78.7 Å². The van der Waals surface area contributed by atoms with Crippen molar-refractivity contribution < 1.29 is 13.4 Å². The molecular weight excluding hydrogens is 850 g/mol. The first kappa shape index (κ1) is 37.5. The molecule has 0 aliphatic carbocycles. The lowest BCUT2D eigenvalue weighted by Gasteiger charge is -2.47. The van der Waals surface area contributed by atoms with Gasteiger partial charge in [0.25, 0.3) is 0 Å². The van der Waals surface area contributed by atoms with Gasteiger partial charge in [-0.3, -0.25) is 0 Å². The van der Waals surface area contributed by atoms with Gasteiger partial charge in [-0.05, 0) is 76.9 Å². The Bertz CT molecular complexity index is 4030. The van der Waals surface area contributed by atoms with Crippen LogP contribution in [0.3, 0.4) is 0 Å². The average molecular weight is 884 g/mol. The van der Waals surface area contributed by atoms with Crippen molar-refractivity contribution in [2.24, 2.45) is 0 Å². The summed E-state index contributed by atoms with van der Waals surface area (Å²) in [7, 11) is -3.46. The second kappa shape index (κ2) is 14.1. The minimum Gasteiger partial charge on any atom is -0.456 e. The highest BCUT2D eigenvalue weighted by atomic mass is 32.2. The van der Waals surface area contributed by atoms with Gasteiger partial charge in [0, 0.05) is 63.9 Å². The molecule has 2 atom stereocenters. The number of furan rings is 2. The highest BCUT2D eigenvalue weighted by Gasteiger charge is 2.54. The molecule has 2 aliphatic rings. The van der Waals surface area contributed by atoms with E-state index in [1.54, 1.807) is 11.8 Å². The van der Waals surface area contributed by atoms with E-state index in [0.29, 0.717) is 17.5 Å². The summed E-state index contributed by atoms with van der Waals surface area (Å²) in [5.74, 6) is 1.72. The van der Waals surface area contributed by atoms with Crippen LogP contribution >= 0.6 is 18.9 Å². The van der Waals surface area contributed by atoms with E-state index in [4.69, 9.17) is 23.8 Å². The predicted octanol–water partition coefficient (Wildman–Crippen LogP) is 13.5. The van der Waals surface area contributed by atoms with Gasteiger partial charge in [-0.25, -0.2) is 15.0 Å². The van der Waals surface area contributed by atoms with Crippen LogP contribution in [-0.4, -0.2) is 15.0 Å². The number of hydrogen-bond donors (Lipinski definition) is 0. The smallest absolute Gasteiger partial charge is 0.171 e. The summed E-state index contributed by atoms with van der Waals surface area (Å²) in [6, 6.07) is 70.5. The van der Waals surface area contributed by atoms with Crippen LogP contribution in [0.15, 0.2) is 225 Å². The summed E-state index contributed by atoms with van der Waals surface area (Å²) >= 11 is 1.75. The Morgan fingerprint density at radius 2 is 0.924 bits per heavy atom. The fourth-order valence-corrected chi connectivity index (χ4v) is 14.9. The quantitative estimate of drug-likeness (QED) is 0.163. The minimum atomic E-state index is -3.46. The van der Waals surface area contributed by atoms with E-state index in [2.05, 4.69) is 91.0 Å². The molecule has 8 heteroatoms. The standard InChI is InChI=1S/C58H34N3O3PS/c62-65(38-17-5-2-6-18-38)51-25-13-9-21-43(51)58(46-33-42-40-20-8-12-24-48(40)64-50(42)34-52(46)65)44-22-10-14-26-53(44)66-54-32-37(27-29-45(54)58)57-60-55(35-15-3-1-4-16-35)59-56(61-57)36-28-30-49-41(31-36)39-19-7-11-23-47(39)63-49/h1-34H. The van der Waals surface area contributed by atoms with Gasteiger partial charge in [0.05, 0.1) is 5.41 Å². The highest BCUT2D eigenvalue weighted by molar-refractivity contribution is 7.99. The molecule has 14 rings (SSSR count). The summed E-state index contributed by atoms with van der Waals surface area (Å²) in [6.45, 7) is 0. The van der Waals surface area contributed by atoms with Gasteiger partial charge < -0.3 is 13.4 Å². The van der Waals surface area contributed by atoms with E-state index in [1.165, 1.54) is 0 Å². The zero-order chi connectivity index (χ0) is 43.6. The molecule has 0 N–H and O–H groups in total. The molecule has 310 valence electrons. The number of para-hydroxylation sites is 2. The number of rotatable bonds is 4. The fourth-order valence-electron chi connectivity index (χ4n) is 10.6. The van der Waals surface area contributed by atoms with E-state index < -0.39 is 12.6 Å². The molecule has 3 aromatic heterocycles. The lowest BCUT2D eigenvalue weighted by atomic mass is 9.64. The molecule has 9 aromatic carbocycles. The predicted molar refractivity (Wildman–Crippen MR) is 266 cm³/mol. The number of hydrogen-bond acceptors (Lipinski definition) is 7. The van der Waals surface area contributed by atoms with Crippen molar-refractivity contribution in [3.05, 3.63) is 229 Å². The highest BCUT2D eigenvalue weighted by Crippen LogP contribution is 2.62. The topological polar surface area (TPSA) is 82.0 Å². The average Bonchev–Trinajstić information content (AvgIpc) is 3.95. The molecule has 0 saturated carbocycles. The van der Waals surface area contributed by atoms with Crippen molar-refractivity contribution in [1.29, 1.82) is 0 Å². The molecule has 0 fully saturated rings. The van der Waals surface area contributed by atoms with Crippen LogP contribution in [0.1, 0.15) is 22.3 Å². The van der Waals surface area contributed by atoms with E-state index in [-0.39, 0.29) is 0 Å². The monoisotopic (exact) mass is 883 g/mol. The number of benzene rings is 9. The van der Waals surface area contributed by atoms with Gasteiger partial charge in [-0.1, -0.05) is 163 Å². The molecule has 2 aliphatic heterocycles. The molecule has 6 nitrogen and oxygen atoms in total. The van der Waals surface area contributed by atoms with Crippen molar-refractivity contribution in [3.8, 4) is 34.2 Å². The molecule has 0 bridgehead atoms. The second-order valence-electron chi connectivity index (χ2n) is 17.0. The lowest BCUT2D eigenvalue weighted by molar-refractivity contribution is 0.589. The number of fused-ring (bicyclic) bond motifs is 14. The first-order valence-electron chi connectivity index (χ1n) is 21.9. The van der Waals surface area contributed by atoms with Gasteiger partial charge in [0.1, 0.15) is 22.3 Å². The van der Waals surface area contributed by atoms with Gasteiger partial charge in [-0.15, -0.1) is 0 Å². The van der Waals surface area contributed by atoms with Gasteiger partial charge in [0.2, 0.25) is 0 Å². The molecule has 5 heterocycles. The SMILES string of the molecule is O=P1(c2ccccc2)c2ccccc2C2(c3ccccc3Sc3cc(-c4nc(-c5ccccc5)nc(-c5ccc6oc7ccccc7c6c5)n4)ccc32)c2cc3c(cc21)oc1ccccc13. The summed E-state index contributed by atoms with van der Waals surface area (Å²) < 4.78 is 29.4. The molecule has 0 radical (unpaired) electrons. The zero-order valence-electron chi connectivity index (χ0n) is 35.1. The van der Waals surface area contributed by atoms with Crippen molar-refractivity contribution in [2.75, 3.05) is 0 Å². The fraction of sp³-hybridized carbons (Fsp3) is 0.0172. The van der Waals surface area contributed by atoms with Gasteiger partial charge >= 0.3 is 0 Å². The van der Waals surface area contributed by atoms with Crippen LogP contribution in [0.5, 0.6) is 0 Å². The molecule has 12 aromatic rings. The molecule has 2 unspecified atom stereocenters. The summed E-state index contributed by atoms with van der Waals surface area (Å²) in [5, 5.41) is 6.46. The first-order valence-corrected chi connectivity index (χ1v) is 24.5. The Morgan fingerprint density at radius 3 is 1.68 bits per heavy atom. The van der Waals surface area contributed by atoms with Crippen LogP contribution in [0.25, 0.3) is 78.0 Å². The van der Waals surface area contributed by atoms with Gasteiger partial charge in [0.15, 0.2) is 24.6 Å². The number of nitrogens with zero attached hydrogens (tertiary/aromatic N) is 3. The Hall–Kier alpha value is -7.83. The summed E-state index contributed by atoms with van der Waals surface area (Å²) in [6.07, 6.45) is 0. The second-order valence-corrected chi connectivity index (χ2v) is 20.7. The Balaban J connectivity index is 1.03. The van der Waals surface area contributed by atoms with E-state index >= 15 is 4.57 Å². The molecule has 0 amide bonds. The first-order chi connectivity index (χ1) is 32.6. The lowest BCUT2D eigenvalue weighted by Crippen LogP contribution is -2.48. The zero-order valence-corrected chi connectivity index (χ0v) is 36.8. The molecule has 0 saturated heterocycles. The van der Waals surface area contributed by atoms with E-state index in [0.717, 1.165) is 109 Å². The maximum absolute atomic E-state index is 16.6. The van der Waals surface area contributed by atoms with Crippen LogP contribution in [-0.2, 0) is 9.98 Å². The maximum Gasteiger partial charge on any atom is 0.171 e. The molecule has 66 heavy (non-hydrogen) atoms. The van der Waals surface area contributed by atoms with Crippen LogP contribution in [0.4, 0.5) is 0 Å². The third kappa shape index (κ3) is 5.27. The van der Waals surface area contributed by atoms with E-state index in [1.807, 2.05) is 115 Å². The molecule has 1 spiro atoms. The Morgan fingerprint density at radius 1 is 0.379 bits per heavy atom. The normalized spacial score (nSPS) is 17.2. The molecular formula is C58H34N3O3PS. The Kier molecular flexibility index (Phi) is 8.01. The largest absolute Gasteiger partial charge is 0.456 e. The summed E-state index contributed by atoms with van der Waals surface area (Å²) in [4.78, 5) is 17.7. The van der Waals surface area contributed by atoms with E-state index in [9.17, 15) is 0 Å². The summed E-state index contributed by atoms with van der Waals surface area (Å²) in [5.41, 5.74) is 9.19. The van der Waals surface area contributed by atoms with Crippen LogP contribution in [0, 0.1) is 0 Å². The van der Waals surface area contributed by atoms with Crippen molar-refractivity contribution in [1.82, 2.24) is 15.0 Å². The van der Waals surface area contributed by atoms with Crippen LogP contribution < -0.4 is 15.9 Å². The number of aromatic nitrogens is 3. The van der Waals surface area contributed by atoms with Crippen molar-refractivity contribution in [2.45, 2.75) is 15.2 Å².